The highest BCUT2D eigenvalue weighted by molar-refractivity contribution is 5.46. The fourth-order valence-electron chi connectivity index (χ4n) is 3.01. The highest BCUT2D eigenvalue weighted by atomic mass is 16.5. The molecule has 0 aliphatic heterocycles. The molecule has 0 saturated heterocycles. The van der Waals surface area contributed by atoms with E-state index in [1.165, 1.54) is 5.56 Å². The quantitative estimate of drug-likeness (QED) is 0.723. The van der Waals surface area contributed by atoms with Crippen LogP contribution in [-0.4, -0.2) is 9.55 Å². The van der Waals surface area contributed by atoms with Gasteiger partial charge in [0, 0.05) is 23.7 Å². The maximum Gasteiger partial charge on any atom is 0.261 e. The second-order valence-corrected chi connectivity index (χ2v) is 6.29. The van der Waals surface area contributed by atoms with E-state index >= 15 is 0 Å². The molecule has 4 nitrogen and oxygen atoms in total. The smallest absolute Gasteiger partial charge is 0.261 e. The van der Waals surface area contributed by atoms with Gasteiger partial charge in [-0.3, -0.25) is 14.3 Å². The molecule has 0 aliphatic carbocycles. The average molecular weight is 334 g/mol. The third-order valence-electron chi connectivity index (χ3n) is 4.47. The Kier molecular flexibility index (Phi) is 4.70. The lowest BCUT2D eigenvalue weighted by atomic mass is 10.1. The lowest BCUT2D eigenvalue weighted by Crippen LogP contribution is -2.25. The summed E-state index contributed by atoms with van der Waals surface area (Å²) in [5.41, 5.74) is 5.51. The van der Waals surface area contributed by atoms with E-state index in [1.807, 2.05) is 45.0 Å². The van der Waals surface area contributed by atoms with Crippen LogP contribution in [0.4, 0.5) is 0 Å². The molecule has 128 valence electrons. The van der Waals surface area contributed by atoms with Crippen molar-refractivity contribution in [2.24, 2.45) is 0 Å². The van der Waals surface area contributed by atoms with Crippen LogP contribution in [-0.2, 0) is 6.61 Å². The van der Waals surface area contributed by atoms with Gasteiger partial charge in [0.05, 0.1) is 11.3 Å². The summed E-state index contributed by atoms with van der Waals surface area (Å²) in [6, 6.07) is 11.9. The van der Waals surface area contributed by atoms with E-state index in [9.17, 15) is 4.79 Å². The van der Waals surface area contributed by atoms with Crippen LogP contribution in [0.5, 0.6) is 5.75 Å². The van der Waals surface area contributed by atoms with Crippen LogP contribution in [0.15, 0.2) is 53.6 Å². The topological polar surface area (TPSA) is 44.1 Å². The molecule has 0 radical (unpaired) electrons. The maximum absolute atomic E-state index is 12.9. The molecule has 4 heteroatoms. The molecule has 0 fully saturated rings. The van der Waals surface area contributed by atoms with Gasteiger partial charge in [0.2, 0.25) is 0 Å². The molecule has 0 unspecified atom stereocenters. The number of benzene rings is 1. The van der Waals surface area contributed by atoms with Gasteiger partial charge in [-0.05, 0) is 45.4 Å². The van der Waals surface area contributed by atoms with Crippen molar-refractivity contribution in [2.75, 3.05) is 0 Å². The van der Waals surface area contributed by atoms with Crippen LogP contribution in [0.1, 0.15) is 27.9 Å². The molecule has 0 atom stereocenters. The van der Waals surface area contributed by atoms with Crippen molar-refractivity contribution in [2.45, 2.75) is 34.3 Å². The number of ether oxygens (including phenoxy) is 1. The first-order valence-corrected chi connectivity index (χ1v) is 8.30. The standard InChI is InChI=1S/C21H22N2O2/c1-14-6-5-7-18(12-14)13-25-20-15(2)17(4)23(21(24)16(20)3)19-8-10-22-11-9-19/h5-12H,13H2,1-4H3. The van der Waals surface area contributed by atoms with Gasteiger partial charge in [0.25, 0.3) is 5.56 Å². The fraction of sp³-hybridized carbons (Fsp3) is 0.238. The van der Waals surface area contributed by atoms with E-state index in [2.05, 4.69) is 24.0 Å². The third kappa shape index (κ3) is 3.33. The summed E-state index contributed by atoms with van der Waals surface area (Å²) in [5, 5.41) is 0. The van der Waals surface area contributed by atoms with Crippen LogP contribution in [0.25, 0.3) is 5.69 Å². The summed E-state index contributed by atoms with van der Waals surface area (Å²) in [4.78, 5) is 16.9. The number of aromatic nitrogens is 2. The molecule has 0 amide bonds. The zero-order valence-corrected chi connectivity index (χ0v) is 15.0. The van der Waals surface area contributed by atoms with E-state index in [4.69, 9.17) is 4.74 Å². The van der Waals surface area contributed by atoms with Gasteiger partial charge >= 0.3 is 0 Å². The Morgan fingerprint density at radius 3 is 2.40 bits per heavy atom. The summed E-state index contributed by atoms with van der Waals surface area (Å²) in [7, 11) is 0. The molecule has 2 aromatic heterocycles. The number of hydrogen-bond acceptors (Lipinski definition) is 3. The van der Waals surface area contributed by atoms with Crippen molar-refractivity contribution in [1.29, 1.82) is 0 Å². The van der Waals surface area contributed by atoms with Crippen molar-refractivity contribution in [3.63, 3.8) is 0 Å². The van der Waals surface area contributed by atoms with Crippen molar-refractivity contribution in [3.8, 4) is 11.4 Å². The van der Waals surface area contributed by atoms with E-state index in [-0.39, 0.29) is 5.56 Å². The van der Waals surface area contributed by atoms with Crippen molar-refractivity contribution in [1.82, 2.24) is 9.55 Å². The van der Waals surface area contributed by atoms with Crippen molar-refractivity contribution in [3.05, 3.63) is 87.1 Å². The monoisotopic (exact) mass is 334 g/mol. The second kappa shape index (κ2) is 6.93. The van der Waals surface area contributed by atoms with Gasteiger partial charge in [-0.25, -0.2) is 0 Å². The van der Waals surface area contributed by atoms with Crippen LogP contribution in [0, 0.1) is 27.7 Å². The largest absolute Gasteiger partial charge is 0.488 e. The molecule has 0 N–H and O–H groups in total. The minimum atomic E-state index is -0.0615. The summed E-state index contributed by atoms with van der Waals surface area (Å²) in [5.74, 6) is 0.675. The van der Waals surface area contributed by atoms with E-state index < -0.39 is 0 Å². The minimum absolute atomic E-state index is 0.0615. The van der Waals surface area contributed by atoms with Crippen molar-refractivity contribution < 1.29 is 4.74 Å². The molecule has 3 aromatic rings. The molecule has 0 spiro atoms. The summed E-state index contributed by atoms with van der Waals surface area (Å²) in [6.45, 7) is 8.25. The maximum atomic E-state index is 12.9. The Balaban J connectivity index is 2.00. The molecule has 2 heterocycles. The molecular weight excluding hydrogens is 312 g/mol. The lowest BCUT2D eigenvalue weighted by molar-refractivity contribution is 0.300. The zero-order chi connectivity index (χ0) is 18.0. The summed E-state index contributed by atoms with van der Waals surface area (Å²) >= 11 is 0. The number of rotatable bonds is 4. The minimum Gasteiger partial charge on any atom is -0.488 e. The van der Waals surface area contributed by atoms with Crippen LogP contribution in [0.3, 0.4) is 0 Å². The third-order valence-corrected chi connectivity index (χ3v) is 4.47. The molecule has 0 aliphatic rings. The Bertz CT molecular complexity index is 960. The first-order valence-electron chi connectivity index (χ1n) is 8.30. The van der Waals surface area contributed by atoms with E-state index in [0.717, 1.165) is 22.5 Å². The summed E-state index contributed by atoms with van der Waals surface area (Å²) < 4.78 is 7.75. The van der Waals surface area contributed by atoms with Crippen LogP contribution >= 0.6 is 0 Å². The highest BCUT2D eigenvalue weighted by Crippen LogP contribution is 2.25. The van der Waals surface area contributed by atoms with E-state index in [1.54, 1.807) is 17.0 Å². The lowest BCUT2D eigenvalue weighted by Gasteiger charge is -2.19. The summed E-state index contributed by atoms with van der Waals surface area (Å²) in [6.07, 6.45) is 3.38. The van der Waals surface area contributed by atoms with Crippen LogP contribution < -0.4 is 10.3 Å². The Labute approximate surface area is 147 Å². The average Bonchev–Trinajstić information content (AvgIpc) is 2.61. The Hall–Kier alpha value is -2.88. The first-order chi connectivity index (χ1) is 12.0. The molecule has 25 heavy (non-hydrogen) atoms. The number of nitrogens with zero attached hydrogens (tertiary/aromatic N) is 2. The Morgan fingerprint density at radius 1 is 1.00 bits per heavy atom. The van der Waals surface area contributed by atoms with Crippen LogP contribution in [0.2, 0.25) is 0 Å². The van der Waals surface area contributed by atoms with Gasteiger partial charge in [-0.2, -0.15) is 0 Å². The predicted octanol–water partition coefficient (Wildman–Crippen LogP) is 4.05. The van der Waals surface area contributed by atoms with Gasteiger partial charge < -0.3 is 4.74 Å². The molecule has 3 rings (SSSR count). The molecular formula is C21H22N2O2. The number of hydrogen-bond donors (Lipinski definition) is 0. The van der Waals surface area contributed by atoms with Gasteiger partial charge in [-0.1, -0.05) is 29.8 Å². The normalized spacial score (nSPS) is 10.7. The predicted molar refractivity (Wildman–Crippen MR) is 99.6 cm³/mol. The van der Waals surface area contributed by atoms with E-state index in [0.29, 0.717) is 17.9 Å². The van der Waals surface area contributed by atoms with Gasteiger partial charge in [0.15, 0.2) is 0 Å². The zero-order valence-electron chi connectivity index (χ0n) is 15.0. The van der Waals surface area contributed by atoms with Gasteiger partial charge in [-0.15, -0.1) is 0 Å². The molecule has 0 saturated carbocycles. The first kappa shape index (κ1) is 17.0. The number of pyridine rings is 2. The molecule has 1 aromatic carbocycles. The Morgan fingerprint density at radius 2 is 1.72 bits per heavy atom. The van der Waals surface area contributed by atoms with Gasteiger partial charge in [0.1, 0.15) is 12.4 Å². The highest BCUT2D eigenvalue weighted by Gasteiger charge is 2.16. The second-order valence-electron chi connectivity index (χ2n) is 6.29. The van der Waals surface area contributed by atoms with Crippen molar-refractivity contribution >= 4 is 0 Å². The fourth-order valence-corrected chi connectivity index (χ4v) is 3.01. The number of aryl methyl sites for hydroxylation is 1. The SMILES string of the molecule is Cc1cccc(COc2c(C)c(C)n(-c3ccncc3)c(=O)c2C)c1. The molecule has 0 bridgehead atoms.